The van der Waals surface area contributed by atoms with Crippen LogP contribution < -0.4 is 5.32 Å². The Kier molecular flexibility index (Phi) is 7.29. The van der Waals surface area contributed by atoms with Gasteiger partial charge in [-0.2, -0.15) is 0 Å². The number of rotatable bonds is 7. The third-order valence-electron chi connectivity index (χ3n) is 2.27. The van der Waals surface area contributed by atoms with E-state index < -0.39 is 0 Å². The Morgan fingerprint density at radius 2 is 1.77 bits per heavy atom. The van der Waals surface area contributed by atoms with Crippen molar-refractivity contribution in [2.45, 2.75) is 40.7 Å². The zero-order chi connectivity index (χ0) is 10.3. The third-order valence-corrected chi connectivity index (χ3v) is 2.27. The minimum atomic E-state index is 0.572. The second kappa shape index (κ2) is 7.34. The minimum Gasteiger partial charge on any atom is -0.381 e. The molecule has 0 heterocycles. The minimum absolute atomic E-state index is 0.572. The van der Waals surface area contributed by atoms with Crippen LogP contribution in [0.4, 0.5) is 0 Å². The summed E-state index contributed by atoms with van der Waals surface area (Å²) >= 11 is 0. The van der Waals surface area contributed by atoms with Gasteiger partial charge in [-0.1, -0.05) is 27.7 Å². The lowest BCUT2D eigenvalue weighted by molar-refractivity contribution is 0.0912. The van der Waals surface area contributed by atoms with Crippen LogP contribution in [0.25, 0.3) is 0 Å². The van der Waals surface area contributed by atoms with Crippen molar-refractivity contribution in [1.29, 1.82) is 0 Å². The standard InChI is InChI=1S/C11H25NO/c1-6-13-8-11(9(2)3)7-12-10(4)5/h9-12H,6-8H2,1-5H3. The van der Waals surface area contributed by atoms with E-state index in [1.807, 2.05) is 6.92 Å². The normalized spacial score (nSPS) is 14.1. The van der Waals surface area contributed by atoms with Gasteiger partial charge in [0.05, 0.1) is 6.61 Å². The number of nitrogens with one attached hydrogen (secondary N) is 1. The second-order valence-corrected chi connectivity index (χ2v) is 4.23. The zero-order valence-electron chi connectivity index (χ0n) is 9.76. The summed E-state index contributed by atoms with van der Waals surface area (Å²) in [6.45, 7) is 13.7. The molecule has 0 aliphatic carbocycles. The molecule has 1 atom stereocenters. The molecule has 80 valence electrons. The van der Waals surface area contributed by atoms with Crippen molar-refractivity contribution < 1.29 is 4.74 Å². The van der Waals surface area contributed by atoms with Gasteiger partial charge in [0, 0.05) is 19.2 Å². The summed E-state index contributed by atoms with van der Waals surface area (Å²) in [5.41, 5.74) is 0. The van der Waals surface area contributed by atoms with Crippen molar-refractivity contribution in [3.63, 3.8) is 0 Å². The predicted molar refractivity (Wildman–Crippen MR) is 58.0 cm³/mol. The fourth-order valence-electron chi connectivity index (χ4n) is 1.14. The maximum Gasteiger partial charge on any atom is 0.0508 e. The quantitative estimate of drug-likeness (QED) is 0.660. The molecule has 0 aliphatic heterocycles. The lowest BCUT2D eigenvalue weighted by atomic mass is 9.96. The molecule has 0 aromatic heterocycles. The van der Waals surface area contributed by atoms with Gasteiger partial charge in [-0.25, -0.2) is 0 Å². The summed E-state index contributed by atoms with van der Waals surface area (Å²) in [7, 11) is 0. The van der Waals surface area contributed by atoms with Crippen molar-refractivity contribution >= 4 is 0 Å². The summed E-state index contributed by atoms with van der Waals surface area (Å²) < 4.78 is 5.45. The maximum absolute atomic E-state index is 5.45. The summed E-state index contributed by atoms with van der Waals surface area (Å²) in [5.74, 6) is 1.33. The van der Waals surface area contributed by atoms with Crippen molar-refractivity contribution in [1.82, 2.24) is 5.32 Å². The molecule has 13 heavy (non-hydrogen) atoms. The average Bonchev–Trinajstić information content (AvgIpc) is 2.03. The van der Waals surface area contributed by atoms with Crippen LogP contribution in [-0.4, -0.2) is 25.8 Å². The molecule has 0 aliphatic rings. The molecular weight excluding hydrogens is 162 g/mol. The smallest absolute Gasteiger partial charge is 0.0508 e. The zero-order valence-corrected chi connectivity index (χ0v) is 9.76. The molecule has 1 unspecified atom stereocenters. The van der Waals surface area contributed by atoms with Gasteiger partial charge in [0.1, 0.15) is 0 Å². The lowest BCUT2D eigenvalue weighted by Gasteiger charge is -2.22. The van der Waals surface area contributed by atoms with Crippen LogP contribution in [0.2, 0.25) is 0 Å². The van der Waals surface area contributed by atoms with Gasteiger partial charge < -0.3 is 10.1 Å². The number of ether oxygens (including phenoxy) is 1. The highest BCUT2D eigenvalue weighted by atomic mass is 16.5. The molecule has 0 saturated heterocycles. The Morgan fingerprint density at radius 1 is 1.15 bits per heavy atom. The van der Waals surface area contributed by atoms with Crippen LogP contribution >= 0.6 is 0 Å². The van der Waals surface area contributed by atoms with E-state index in [9.17, 15) is 0 Å². The molecule has 0 saturated carbocycles. The van der Waals surface area contributed by atoms with E-state index in [0.717, 1.165) is 19.8 Å². The molecule has 1 N–H and O–H groups in total. The molecule has 2 heteroatoms. The molecule has 2 nitrogen and oxygen atoms in total. The Bertz CT molecular complexity index is 113. The average molecular weight is 187 g/mol. The van der Waals surface area contributed by atoms with Gasteiger partial charge in [0.2, 0.25) is 0 Å². The number of hydrogen-bond donors (Lipinski definition) is 1. The summed E-state index contributed by atoms with van der Waals surface area (Å²) in [6.07, 6.45) is 0. The first-order chi connectivity index (χ1) is 6.07. The van der Waals surface area contributed by atoms with E-state index in [-0.39, 0.29) is 0 Å². The van der Waals surface area contributed by atoms with Crippen LogP contribution in [-0.2, 0) is 4.74 Å². The molecule has 0 aromatic rings. The summed E-state index contributed by atoms with van der Waals surface area (Å²) in [4.78, 5) is 0. The fourth-order valence-corrected chi connectivity index (χ4v) is 1.14. The highest BCUT2D eigenvalue weighted by molar-refractivity contribution is 4.66. The van der Waals surface area contributed by atoms with Gasteiger partial charge in [-0.05, 0) is 18.8 Å². The monoisotopic (exact) mass is 187 g/mol. The van der Waals surface area contributed by atoms with E-state index in [4.69, 9.17) is 4.74 Å². The lowest BCUT2D eigenvalue weighted by Crippen LogP contribution is -2.33. The Labute approximate surface area is 83.1 Å². The molecule has 0 radical (unpaired) electrons. The van der Waals surface area contributed by atoms with Gasteiger partial charge in [-0.15, -0.1) is 0 Å². The number of hydrogen-bond acceptors (Lipinski definition) is 2. The Hall–Kier alpha value is -0.0800. The molecule has 0 rings (SSSR count). The second-order valence-electron chi connectivity index (χ2n) is 4.23. The van der Waals surface area contributed by atoms with E-state index in [1.165, 1.54) is 0 Å². The van der Waals surface area contributed by atoms with Crippen molar-refractivity contribution in [3.8, 4) is 0 Å². The van der Waals surface area contributed by atoms with Crippen molar-refractivity contribution in [2.75, 3.05) is 19.8 Å². The SMILES string of the molecule is CCOCC(CNC(C)C)C(C)C. The van der Waals surface area contributed by atoms with Crippen LogP contribution in [0.3, 0.4) is 0 Å². The first-order valence-electron chi connectivity index (χ1n) is 5.39. The van der Waals surface area contributed by atoms with Crippen LogP contribution in [0, 0.1) is 11.8 Å². The molecule has 0 fully saturated rings. The fraction of sp³-hybridized carbons (Fsp3) is 1.00. The molecule has 0 spiro atoms. The van der Waals surface area contributed by atoms with Crippen LogP contribution in [0.15, 0.2) is 0 Å². The van der Waals surface area contributed by atoms with Gasteiger partial charge >= 0.3 is 0 Å². The molecule has 0 aromatic carbocycles. The topological polar surface area (TPSA) is 21.3 Å². The van der Waals surface area contributed by atoms with Crippen LogP contribution in [0.1, 0.15) is 34.6 Å². The third kappa shape index (κ3) is 7.03. The first kappa shape index (κ1) is 12.9. The van der Waals surface area contributed by atoms with E-state index in [0.29, 0.717) is 17.9 Å². The van der Waals surface area contributed by atoms with E-state index in [2.05, 4.69) is 33.0 Å². The van der Waals surface area contributed by atoms with Gasteiger partial charge in [0.15, 0.2) is 0 Å². The summed E-state index contributed by atoms with van der Waals surface area (Å²) in [5, 5.41) is 3.46. The highest BCUT2D eigenvalue weighted by Gasteiger charge is 2.13. The maximum atomic E-state index is 5.45. The summed E-state index contributed by atoms with van der Waals surface area (Å²) in [6, 6.07) is 0.572. The predicted octanol–water partition coefficient (Wildman–Crippen LogP) is 2.29. The molecule has 0 amide bonds. The Morgan fingerprint density at radius 3 is 2.15 bits per heavy atom. The van der Waals surface area contributed by atoms with Crippen LogP contribution in [0.5, 0.6) is 0 Å². The first-order valence-corrected chi connectivity index (χ1v) is 5.39. The highest BCUT2D eigenvalue weighted by Crippen LogP contribution is 2.10. The van der Waals surface area contributed by atoms with Crippen molar-refractivity contribution in [2.24, 2.45) is 11.8 Å². The van der Waals surface area contributed by atoms with E-state index >= 15 is 0 Å². The molecular formula is C11H25NO. The largest absolute Gasteiger partial charge is 0.381 e. The van der Waals surface area contributed by atoms with Gasteiger partial charge in [0.25, 0.3) is 0 Å². The van der Waals surface area contributed by atoms with E-state index in [1.54, 1.807) is 0 Å². The Balaban J connectivity index is 3.67. The van der Waals surface area contributed by atoms with Crippen molar-refractivity contribution in [3.05, 3.63) is 0 Å². The van der Waals surface area contributed by atoms with Gasteiger partial charge in [-0.3, -0.25) is 0 Å². The molecule has 0 bridgehead atoms.